The maximum atomic E-state index is 4.37. The average Bonchev–Trinajstić information content (AvgIpc) is 2.73. The van der Waals surface area contributed by atoms with Crippen LogP contribution in [0.3, 0.4) is 0 Å². The fourth-order valence-corrected chi connectivity index (χ4v) is 2.71. The Kier molecular flexibility index (Phi) is 3.95. The van der Waals surface area contributed by atoms with Crippen LogP contribution in [0.25, 0.3) is 0 Å². The van der Waals surface area contributed by atoms with Crippen LogP contribution in [0.4, 0.5) is 0 Å². The van der Waals surface area contributed by atoms with Crippen molar-refractivity contribution in [2.45, 2.75) is 26.7 Å². The van der Waals surface area contributed by atoms with E-state index in [4.69, 9.17) is 0 Å². The second-order valence-corrected chi connectivity index (χ2v) is 5.06. The molecule has 102 valence electrons. The highest BCUT2D eigenvalue weighted by Crippen LogP contribution is 2.28. The lowest BCUT2D eigenvalue weighted by Crippen LogP contribution is -2.21. The minimum absolute atomic E-state index is 0.138. The highest BCUT2D eigenvalue weighted by Gasteiger charge is 2.22. The Morgan fingerprint density at radius 3 is 2.32 bits per heavy atom. The summed E-state index contributed by atoms with van der Waals surface area (Å²) in [5.74, 6) is 0.909. The van der Waals surface area contributed by atoms with Crippen LogP contribution in [-0.2, 0) is 7.05 Å². The molecule has 0 aliphatic carbocycles. The van der Waals surface area contributed by atoms with E-state index in [1.54, 1.807) is 7.05 Å². The largest absolute Gasteiger partial charge is 0.319 e. The number of likely N-dealkylation sites (N-methyl/N-ethyl adjacent to an activating group) is 1. The summed E-state index contributed by atoms with van der Waals surface area (Å²) in [5.41, 5.74) is 5.15. The fourth-order valence-electron chi connectivity index (χ4n) is 2.71. The maximum Gasteiger partial charge on any atom is 0.183 e. The number of nitrogens with one attached hydrogen (secondary N) is 1. The molecule has 1 atom stereocenters. The van der Waals surface area contributed by atoms with Gasteiger partial charge in [-0.05, 0) is 49.7 Å². The van der Waals surface area contributed by atoms with Crippen LogP contribution in [-0.4, -0.2) is 33.8 Å². The summed E-state index contributed by atoms with van der Waals surface area (Å²) in [6, 6.07) is 4.42. The molecule has 1 heterocycles. The van der Waals surface area contributed by atoms with Gasteiger partial charge in [-0.3, -0.25) is 0 Å². The van der Waals surface area contributed by atoms with E-state index >= 15 is 0 Å². The van der Waals surface area contributed by atoms with Gasteiger partial charge >= 0.3 is 0 Å². The molecule has 0 saturated carbocycles. The van der Waals surface area contributed by atoms with Crippen molar-refractivity contribution in [2.24, 2.45) is 7.05 Å². The van der Waals surface area contributed by atoms with E-state index in [0.29, 0.717) is 0 Å². The van der Waals surface area contributed by atoms with Gasteiger partial charge in [-0.25, -0.2) is 0 Å². The first-order chi connectivity index (χ1) is 9.02. The Hall–Kier alpha value is -1.75. The summed E-state index contributed by atoms with van der Waals surface area (Å²) in [6.07, 6.45) is 0. The predicted octanol–water partition coefficient (Wildman–Crippen LogP) is 1.49. The SMILES string of the molecule is CNCC(c1nnn(C)n1)c1c(C)cc(C)cc1C. The topological polar surface area (TPSA) is 55.6 Å². The quantitative estimate of drug-likeness (QED) is 0.903. The Labute approximate surface area is 114 Å². The molecule has 19 heavy (non-hydrogen) atoms. The molecule has 0 saturated heterocycles. The van der Waals surface area contributed by atoms with Gasteiger partial charge in [0.1, 0.15) is 0 Å². The van der Waals surface area contributed by atoms with Crippen LogP contribution >= 0.6 is 0 Å². The lowest BCUT2D eigenvalue weighted by atomic mass is 9.89. The Morgan fingerprint density at radius 2 is 1.84 bits per heavy atom. The molecule has 1 aromatic heterocycles. The zero-order valence-electron chi connectivity index (χ0n) is 12.2. The van der Waals surface area contributed by atoms with Crippen LogP contribution in [0.1, 0.15) is 34.0 Å². The molecule has 1 N–H and O–H groups in total. The Balaban J connectivity index is 2.51. The average molecular weight is 259 g/mol. The smallest absolute Gasteiger partial charge is 0.183 e. The zero-order chi connectivity index (χ0) is 14.0. The van der Waals surface area contributed by atoms with Gasteiger partial charge in [-0.15, -0.1) is 10.2 Å². The molecule has 2 rings (SSSR count). The summed E-state index contributed by atoms with van der Waals surface area (Å²) in [5, 5.41) is 15.7. The number of rotatable bonds is 4. The summed E-state index contributed by atoms with van der Waals surface area (Å²) < 4.78 is 0. The molecule has 5 nitrogen and oxygen atoms in total. The van der Waals surface area contributed by atoms with Crippen molar-refractivity contribution in [1.82, 2.24) is 25.5 Å². The zero-order valence-corrected chi connectivity index (χ0v) is 12.2. The van der Waals surface area contributed by atoms with Gasteiger partial charge in [0.15, 0.2) is 5.82 Å². The summed E-state index contributed by atoms with van der Waals surface area (Å²) in [7, 11) is 3.74. The van der Waals surface area contributed by atoms with Gasteiger partial charge in [0.05, 0.1) is 13.0 Å². The first-order valence-corrected chi connectivity index (χ1v) is 6.49. The van der Waals surface area contributed by atoms with Gasteiger partial charge < -0.3 is 5.32 Å². The van der Waals surface area contributed by atoms with Crippen molar-refractivity contribution in [3.63, 3.8) is 0 Å². The Morgan fingerprint density at radius 1 is 1.21 bits per heavy atom. The molecule has 1 aromatic carbocycles. The molecular formula is C14H21N5. The number of aryl methyl sites for hydroxylation is 4. The van der Waals surface area contributed by atoms with E-state index in [2.05, 4.69) is 53.6 Å². The normalized spacial score (nSPS) is 12.7. The third kappa shape index (κ3) is 2.81. The molecule has 2 aromatic rings. The molecule has 5 heteroatoms. The van der Waals surface area contributed by atoms with Crippen LogP contribution < -0.4 is 5.32 Å². The minimum atomic E-state index is 0.138. The number of tetrazole rings is 1. The van der Waals surface area contributed by atoms with Crippen molar-refractivity contribution in [3.8, 4) is 0 Å². The molecule has 0 aliphatic heterocycles. The van der Waals surface area contributed by atoms with Gasteiger partial charge in [-0.1, -0.05) is 17.7 Å². The number of benzene rings is 1. The van der Waals surface area contributed by atoms with Crippen molar-refractivity contribution >= 4 is 0 Å². The maximum absolute atomic E-state index is 4.37. The second kappa shape index (κ2) is 5.48. The second-order valence-electron chi connectivity index (χ2n) is 5.06. The Bertz CT molecular complexity index is 550. The first-order valence-electron chi connectivity index (χ1n) is 6.49. The highest BCUT2D eigenvalue weighted by molar-refractivity contribution is 5.42. The number of aromatic nitrogens is 4. The molecular weight excluding hydrogens is 238 g/mol. The van der Waals surface area contributed by atoms with E-state index in [1.807, 2.05) is 7.05 Å². The molecule has 0 aliphatic rings. The van der Waals surface area contributed by atoms with Crippen molar-refractivity contribution < 1.29 is 0 Å². The third-order valence-corrected chi connectivity index (χ3v) is 3.33. The highest BCUT2D eigenvalue weighted by atomic mass is 15.6. The summed E-state index contributed by atoms with van der Waals surface area (Å²) in [4.78, 5) is 1.51. The van der Waals surface area contributed by atoms with Gasteiger partial charge in [-0.2, -0.15) is 4.80 Å². The van der Waals surface area contributed by atoms with Gasteiger partial charge in [0.25, 0.3) is 0 Å². The fraction of sp³-hybridized carbons (Fsp3) is 0.500. The summed E-state index contributed by atoms with van der Waals surface area (Å²) >= 11 is 0. The van der Waals surface area contributed by atoms with E-state index < -0.39 is 0 Å². The predicted molar refractivity (Wildman–Crippen MR) is 75.2 cm³/mol. The molecule has 0 fully saturated rings. The monoisotopic (exact) mass is 259 g/mol. The molecule has 1 unspecified atom stereocenters. The van der Waals surface area contributed by atoms with E-state index in [-0.39, 0.29) is 5.92 Å². The van der Waals surface area contributed by atoms with Gasteiger partial charge in [0.2, 0.25) is 0 Å². The number of hydrogen-bond acceptors (Lipinski definition) is 4. The third-order valence-electron chi connectivity index (χ3n) is 3.33. The van der Waals surface area contributed by atoms with Crippen molar-refractivity contribution in [2.75, 3.05) is 13.6 Å². The minimum Gasteiger partial charge on any atom is -0.319 e. The van der Waals surface area contributed by atoms with Crippen LogP contribution in [0.15, 0.2) is 12.1 Å². The first kappa shape index (κ1) is 13.7. The van der Waals surface area contributed by atoms with Gasteiger partial charge in [0, 0.05) is 6.54 Å². The number of hydrogen-bond donors (Lipinski definition) is 1. The number of nitrogens with zero attached hydrogens (tertiary/aromatic N) is 4. The van der Waals surface area contributed by atoms with Crippen LogP contribution in [0.2, 0.25) is 0 Å². The van der Waals surface area contributed by atoms with Crippen LogP contribution in [0, 0.1) is 20.8 Å². The van der Waals surface area contributed by atoms with E-state index in [0.717, 1.165) is 12.4 Å². The van der Waals surface area contributed by atoms with Crippen molar-refractivity contribution in [1.29, 1.82) is 0 Å². The molecule has 0 spiro atoms. The standard InChI is InChI=1S/C14H21N5/c1-9-6-10(2)13(11(3)7-9)12(8-15-4)14-16-18-19(5)17-14/h6-7,12,15H,8H2,1-5H3. The van der Waals surface area contributed by atoms with E-state index in [9.17, 15) is 0 Å². The summed E-state index contributed by atoms with van der Waals surface area (Å²) in [6.45, 7) is 7.22. The lowest BCUT2D eigenvalue weighted by Gasteiger charge is -2.19. The molecule has 0 amide bonds. The van der Waals surface area contributed by atoms with Crippen molar-refractivity contribution in [3.05, 3.63) is 40.2 Å². The van der Waals surface area contributed by atoms with Crippen LogP contribution in [0.5, 0.6) is 0 Å². The molecule has 0 radical (unpaired) electrons. The molecule has 0 bridgehead atoms. The lowest BCUT2D eigenvalue weighted by molar-refractivity contribution is 0.618. The van der Waals surface area contributed by atoms with E-state index in [1.165, 1.54) is 27.1 Å².